The van der Waals surface area contributed by atoms with Gasteiger partial charge in [0, 0.05) is 22.8 Å². The lowest BCUT2D eigenvalue weighted by atomic mass is 10.2. The van der Waals surface area contributed by atoms with Crippen LogP contribution in [0.1, 0.15) is 4.88 Å². The molecule has 0 saturated carbocycles. The number of amides is 1. The Hall–Kier alpha value is -2.08. The number of fused-ring (bicyclic) bond motifs is 1. The summed E-state index contributed by atoms with van der Waals surface area (Å²) < 4.78 is 5.38. The zero-order chi connectivity index (χ0) is 12.5. The van der Waals surface area contributed by atoms with Gasteiger partial charge in [0.15, 0.2) is 6.61 Å². The number of anilines is 2. The summed E-state index contributed by atoms with van der Waals surface area (Å²) in [6, 6.07) is 5.31. The Morgan fingerprint density at radius 3 is 3.17 bits per heavy atom. The van der Waals surface area contributed by atoms with Crippen molar-refractivity contribution in [2.45, 2.75) is 6.54 Å². The number of hydrogen-bond acceptors (Lipinski definition) is 5. The minimum Gasteiger partial charge on any atom is -0.481 e. The van der Waals surface area contributed by atoms with E-state index in [4.69, 9.17) is 10.5 Å². The molecule has 0 radical (unpaired) electrons. The maximum absolute atomic E-state index is 11.9. The number of benzene rings is 1. The van der Waals surface area contributed by atoms with Crippen molar-refractivity contribution in [1.82, 2.24) is 4.98 Å². The van der Waals surface area contributed by atoms with Gasteiger partial charge in [-0.25, -0.2) is 0 Å². The van der Waals surface area contributed by atoms with Crippen molar-refractivity contribution in [2.75, 3.05) is 17.2 Å². The van der Waals surface area contributed by atoms with Gasteiger partial charge in [0.1, 0.15) is 5.75 Å². The second-order valence-corrected chi connectivity index (χ2v) is 4.93. The van der Waals surface area contributed by atoms with E-state index in [1.54, 1.807) is 28.7 Å². The predicted molar refractivity (Wildman–Crippen MR) is 69.7 cm³/mol. The Kier molecular flexibility index (Phi) is 2.64. The topological polar surface area (TPSA) is 68.5 Å². The molecule has 6 heteroatoms. The fourth-order valence-electron chi connectivity index (χ4n) is 1.87. The second-order valence-electron chi connectivity index (χ2n) is 3.96. The largest absolute Gasteiger partial charge is 0.481 e. The number of rotatable bonds is 2. The average Bonchev–Trinajstić information content (AvgIpc) is 2.86. The molecule has 1 amide bonds. The summed E-state index contributed by atoms with van der Waals surface area (Å²) in [6.45, 7) is 0.568. The lowest BCUT2D eigenvalue weighted by molar-refractivity contribution is -0.121. The average molecular weight is 261 g/mol. The van der Waals surface area contributed by atoms with E-state index < -0.39 is 0 Å². The molecule has 0 unspecified atom stereocenters. The zero-order valence-corrected chi connectivity index (χ0v) is 10.3. The number of carbonyl (C=O) groups excluding carboxylic acids is 1. The van der Waals surface area contributed by atoms with Crippen molar-refractivity contribution in [3.63, 3.8) is 0 Å². The molecule has 5 nitrogen and oxygen atoms in total. The third-order valence-corrected chi connectivity index (χ3v) is 3.49. The Balaban J connectivity index is 1.96. The van der Waals surface area contributed by atoms with E-state index in [2.05, 4.69) is 4.98 Å². The highest BCUT2D eigenvalue weighted by molar-refractivity contribution is 7.09. The molecule has 0 spiro atoms. The van der Waals surface area contributed by atoms with E-state index in [1.165, 1.54) is 11.3 Å². The van der Waals surface area contributed by atoms with Crippen LogP contribution in [0.15, 0.2) is 29.9 Å². The van der Waals surface area contributed by atoms with Crippen LogP contribution in [0.2, 0.25) is 0 Å². The van der Waals surface area contributed by atoms with Crippen LogP contribution >= 0.6 is 11.3 Å². The molecule has 2 aromatic rings. The molecule has 18 heavy (non-hydrogen) atoms. The molecule has 1 aliphatic heterocycles. The van der Waals surface area contributed by atoms with Gasteiger partial charge in [-0.15, -0.1) is 11.3 Å². The normalized spacial score (nSPS) is 14.2. The predicted octanol–water partition coefficient (Wildman–Crippen LogP) is 1.65. The first-order chi connectivity index (χ1) is 8.74. The molecule has 0 fully saturated rings. The number of nitrogens with two attached hydrogens (primary N) is 1. The molecule has 2 N–H and O–H groups in total. The van der Waals surface area contributed by atoms with Crippen molar-refractivity contribution in [1.29, 1.82) is 0 Å². The van der Waals surface area contributed by atoms with Crippen molar-refractivity contribution < 1.29 is 9.53 Å². The maximum atomic E-state index is 11.9. The smallest absolute Gasteiger partial charge is 0.265 e. The number of nitrogen functional groups attached to an aromatic ring is 1. The van der Waals surface area contributed by atoms with Crippen LogP contribution in [0.4, 0.5) is 11.4 Å². The van der Waals surface area contributed by atoms with Crippen LogP contribution in [0.3, 0.4) is 0 Å². The van der Waals surface area contributed by atoms with Gasteiger partial charge in [0.2, 0.25) is 0 Å². The van der Waals surface area contributed by atoms with Gasteiger partial charge in [-0.1, -0.05) is 0 Å². The summed E-state index contributed by atoms with van der Waals surface area (Å²) >= 11 is 1.53. The fourth-order valence-corrected chi connectivity index (χ4v) is 2.45. The molecule has 92 valence electrons. The van der Waals surface area contributed by atoms with E-state index >= 15 is 0 Å². The van der Waals surface area contributed by atoms with Crippen LogP contribution < -0.4 is 15.4 Å². The van der Waals surface area contributed by atoms with Gasteiger partial charge in [-0.3, -0.25) is 9.78 Å². The highest BCUT2D eigenvalue weighted by Gasteiger charge is 2.25. The van der Waals surface area contributed by atoms with Gasteiger partial charge in [-0.2, -0.15) is 0 Å². The molecular weight excluding hydrogens is 250 g/mol. The van der Waals surface area contributed by atoms with Crippen LogP contribution in [0.25, 0.3) is 0 Å². The van der Waals surface area contributed by atoms with Crippen molar-refractivity contribution in [2.24, 2.45) is 0 Å². The van der Waals surface area contributed by atoms with E-state index in [-0.39, 0.29) is 12.5 Å². The lowest BCUT2D eigenvalue weighted by Crippen LogP contribution is -2.38. The van der Waals surface area contributed by atoms with Gasteiger partial charge in [0.05, 0.1) is 17.7 Å². The molecule has 1 aromatic heterocycles. The summed E-state index contributed by atoms with van der Waals surface area (Å²) in [5, 5.41) is 0. The van der Waals surface area contributed by atoms with Crippen molar-refractivity contribution in [3.8, 4) is 5.75 Å². The highest BCUT2D eigenvalue weighted by atomic mass is 32.1. The van der Waals surface area contributed by atoms with E-state index in [1.807, 2.05) is 6.07 Å². The zero-order valence-electron chi connectivity index (χ0n) is 9.50. The van der Waals surface area contributed by atoms with E-state index in [0.717, 1.165) is 10.6 Å². The van der Waals surface area contributed by atoms with Gasteiger partial charge < -0.3 is 15.4 Å². The molecule has 0 aliphatic carbocycles. The summed E-state index contributed by atoms with van der Waals surface area (Å²) in [4.78, 5) is 18.7. The van der Waals surface area contributed by atoms with E-state index in [9.17, 15) is 4.79 Å². The Morgan fingerprint density at radius 2 is 2.39 bits per heavy atom. The standard InChI is InChI=1S/C12H11N3O2S/c13-8-1-2-10-11(3-8)17-6-12(16)15(10)5-9-4-14-7-18-9/h1-4,7H,5-6,13H2. The van der Waals surface area contributed by atoms with Crippen LogP contribution in [0, 0.1) is 0 Å². The molecule has 0 saturated heterocycles. The minimum absolute atomic E-state index is 0.0509. The molecule has 2 heterocycles. The summed E-state index contributed by atoms with van der Waals surface area (Å²) in [5.41, 5.74) is 8.84. The molecular formula is C12H11N3O2S. The quantitative estimate of drug-likeness (QED) is 0.835. The van der Waals surface area contributed by atoms with Gasteiger partial charge >= 0.3 is 0 Å². The summed E-state index contributed by atoms with van der Waals surface area (Å²) in [5.74, 6) is 0.597. The number of ether oxygens (including phenoxy) is 1. The molecule has 3 rings (SSSR count). The maximum Gasteiger partial charge on any atom is 0.265 e. The summed E-state index contributed by atoms with van der Waals surface area (Å²) in [6.07, 6.45) is 1.77. The second kappa shape index (κ2) is 4.30. The first kappa shape index (κ1) is 11.0. The number of nitrogens with zero attached hydrogens (tertiary/aromatic N) is 2. The van der Waals surface area contributed by atoms with Crippen LogP contribution in [-0.2, 0) is 11.3 Å². The lowest BCUT2D eigenvalue weighted by Gasteiger charge is -2.29. The van der Waals surface area contributed by atoms with Crippen LogP contribution in [-0.4, -0.2) is 17.5 Å². The van der Waals surface area contributed by atoms with Gasteiger partial charge in [0.25, 0.3) is 5.91 Å². The number of aromatic nitrogens is 1. The Labute approximate surface area is 108 Å². The fraction of sp³-hybridized carbons (Fsp3) is 0.167. The molecule has 0 bridgehead atoms. The molecule has 0 atom stereocenters. The molecule has 1 aromatic carbocycles. The summed E-state index contributed by atoms with van der Waals surface area (Å²) in [7, 11) is 0. The first-order valence-electron chi connectivity index (χ1n) is 5.44. The third kappa shape index (κ3) is 1.91. The van der Waals surface area contributed by atoms with Crippen LogP contribution in [0.5, 0.6) is 5.75 Å². The molecule has 1 aliphatic rings. The Morgan fingerprint density at radius 1 is 1.50 bits per heavy atom. The number of carbonyl (C=O) groups is 1. The van der Waals surface area contributed by atoms with E-state index in [0.29, 0.717) is 18.0 Å². The Bertz CT molecular complexity index is 583. The highest BCUT2D eigenvalue weighted by Crippen LogP contribution is 2.34. The van der Waals surface area contributed by atoms with Crippen molar-refractivity contribution in [3.05, 3.63) is 34.8 Å². The minimum atomic E-state index is -0.0549. The van der Waals surface area contributed by atoms with Gasteiger partial charge in [-0.05, 0) is 12.1 Å². The number of thiazole rings is 1. The SMILES string of the molecule is Nc1ccc2c(c1)OCC(=O)N2Cc1cncs1. The third-order valence-electron chi connectivity index (χ3n) is 2.72. The monoisotopic (exact) mass is 261 g/mol. The first-order valence-corrected chi connectivity index (χ1v) is 6.32. The number of hydrogen-bond donors (Lipinski definition) is 1. The van der Waals surface area contributed by atoms with Crippen molar-refractivity contribution >= 4 is 28.6 Å².